The molecule has 19 heavy (non-hydrogen) atoms. The number of esters is 1. The molecule has 0 bridgehead atoms. The first-order valence-corrected chi connectivity index (χ1v) is 6.32. The SMILES string of the molecule is CCC(=CCN1Cc2ccccc2C1=O)C(=O)OC. The van der Waals surface area contributed by atoms with E-state index in [1.54, 1.807) is 11.0 Å². The van der Waals surface area contributed by atoms with Crippen molar-refractivity contribution in [1.82, 2.24) is 4.90 Å². The van der Waals surface area contributed by atoms with E-state index in [2.05, 4.69) is 0 Å². The predicted octanol–water partition coefficient (Wildman–Crippen LogP) is 2.15. The van der Waals surface area contributed by atoms with Crippen LogP contribution in [0.25, 0.3) is 0 Å². The molecule has 100 valence electrons. The second-order valence-corrected chi connectivity index (χ2v) is 4.42. The highest BCUT2D eigenvalue weighted by molar-refractivity contribution is 5.98. The largest absolute Gasteiger partial charge is 0.466 e. The Bertz CT molecular complexity index is 534. The van der Waals surface area contributed by atoms with Gasteiger partial charge in [-0.05, 0) is 18.1 Å². The minimum Gasteiger partial charge on any atom is -0.466 e. The summed E-state index contributed by atoms with van der Waals surface area (Å²) in [6.45, 7) is 2.93. The number of carbonyl (C=O) groups excluding carboxylic acids is 2. The number of amides is 1. The smallest absolute Gasteiger partial charge is 0.333 e. The molecule has 0 N–H and O–H groups in total. The summed E-state index contributed by atoms with van der Waals surface area (Å²) in [6.07, 6.45) is 2.37. The third kappa shape index (κ3) is 2.67. The molecule has 2 rings (SSSR count). The zero-order valence-electron chi connectivity index (χ0n) is 11.2. The van der Waals surface area contributed by atoms with Gasteiger partial charge in [-0.2, -0.15) is 0 Å². The van der Waals surface area contributed by atoms with Gasteiger partial charge in [0.2, 0.25) is 0 Å². The Labute approximate surface area is 112 Å². The van der Waals surface area contributed by atoms with E-state index < -0.39 is 0 Å². The van der Waals surface area contributed by atoms with E-state index in [-0.39, 0.29) is 11.9 Å². The molecule has 0 saturated heterocycles. The molecule has 0 saturated carbocycles. The highest BCUT2D eigenvalue weighted by atomic mass is 16.5. The first-order chi connectivity index (χ1) is 9.17. The summed E-state index contributed by atoms with van der Waals surface area (Å²) in [5.74, 6) is -0.307. The molecule has 0 aromatic heterocycles. The van der Waals surface area contributed by atoms with Crippen molar-refractivity contribution in [3.63, 3.8) is 0 Å². The minimum absolute atomic E-state index is 0.0205. The zero-order chi connectivity index (χ0) is 13.8. The molecular formula is C15H17NO3. The predicted molar refractivity (Wildman–Crippen MR) is 71.6 cm³/mol. The molecule has 0 unspecified atom stereocenters. The minimum atomic E-state index is -0.327. The highest BCUT2D eigenvalue weighted by Crippen LogP contribution is 2.22. The number of hydrogen-bond donors (Lipinski definition) is 0. The molecular weight excluding hydrogens is 242 g/mol. The van der Waals surface area contributed by atoms with Gasteiger partial charge < -0.3 is 9.64 Å². The molecule has 1 aromatic rings. The number of methoxy groups -OCH3 is 1. The lowest BCUT2D eigenvalue weighted by molar-refractivity contribution is -0.136. The molecule has 1 aliphatic rings. The van der Waals surface area contributed by atoms with Crippen molar-refractivity contribution in [2.45, 2.75) is 19.9 Å². The van der Waals surface area contributed by atoms with Crippen molar-refractivity contribution in [2.24, 2.45) is 0 Å². The number of nitrogens with zero attached hydrogens (tertiary/aromatic N) is 1. The molecule has 0 radical (unpaired) electrons. The van der Waals surface area contributed by atoms with Crippen LogP contribution in [0, 0.1) is 0 Å². The fraction of sp³-hybridized carbons (Fsp3) is 0.333. The third-order valence-electron chi connectivity index (χ3n) is 3.28. The van der Waals surface area contributed by atoms with Gasteiger partial charge in [0, 0.05) is 24.2 Å². The second kappa shape index (κ2) is 5.69. The van der Waals surface area contributed by atoms with Gasteiger partial charge in [-0.1, -0.05) is 31.2 Å². The van der Waals surface area contributed by atoms with Crippen molar-refractivity contribution in [2.75, 3.05) is 13.7 Å². The number of ether oxygens (including phenoxy) is 1. The van der Waals surface area contributed by atoms with Gasteiger partial charge >= 0.3 is 5.97 Å². The summed E-state index contributed by atoms with van der Waals surface area (Å²) in [5, 5.41) is 0. The fourth-order valence-corrected chi connectivity index (χ4v) is 2.19. The molecule has 1 aliphatic heterocycles. The van der Waals surface area contributed by atoms with Crippen LogP contribution >= 0.6 is 0 Å². The van der Waals surface area contributed by atoms with E-state index in [1.807, 2.05) is 31.2 Å². The van der Waals surface area contributed by atoms with E-state index >= 15 is 0 Å². The number of rotatable bonds is 4. The van der Waals surface area contributed by atoms with Gasteiger partial charge in [0.15, 0.2) is 0 Å². The van der Waals surface area contributed by atoms with Crippen LogP contribution in [0.2, 0.25) is 0 Å². The van der Waals surface area contributed by atoms with Crippen LogP contribution in [0.15, 0.2) is 35.9 Å². The Balaban J connectivity index is 2.09. The van der Waals surface area contributed by atoms with Gasteiger partial charge in [0.25, 0.3) is 5.91 Å². The average molecular weight is 259 g/mol. The molecule has 0 atom stereocenters. The lowest BCUT2D eigenvalue weighted by Crippen LogP contribution is -2.24. The Kier molecular flexibility index (Phi) is 4.00. The first kappa shape index (κ1) is 13.3. The fourth-order valence-electron chi connectivity index (χ4n) is 2.19. The van der Waals surface area contributed by atoms with Gasteiger partial charge in [0.05, 0.1) is 7.11 Å². The van der Waals surface area contributed by atoms with E-state index in [0.29, 0.717) is 25.1 Å². The van der Waals surface area contributed by atoms with Crippen molar-refractivity contribution >= 4 is 11.9 Å². The van der Waals surface area contributed by atoms with Crippen LogP contribution in [0.3, 0.4) is 0 Å². The maximum atomic E-state index is 12.1. The summed E-state index contributed by atoms with van der Waals surface area (Å²) in [4.78, 5) is 25.3. The Morgan fingerprint density at radius 3 is 2.79 bits per heavy atom. The van der Waals surface area contributed by atoms with Gasteiger partial charge in [-0.15, -0.1) is 0 Å². The number of benzene rings is 1. The maximum Gasteiger partial charge on any atom is 0.333 e. The molecule has 0 spiro atoms. The molecule has 1 amide bonds. The van der Waals surface area contributed by atoms with Crippen LogP contribution < -0.4 is 0 Å². The second-order valence-electron chi connectivity index (χ2n) is 4.42. The van der Waals surface area contributed by atoms with Crippen molar-refractivity contribution < 1.29 is 14.3 Å². The van der Waals surface area contributed by atoms with Crippen molar-refractivity contribution in [3.8, 4) is 0 Å². The van der Waals surface area contributed by atoms with Gasteiger partial charge in [-0.3, -0.25) is 4.79 Å². The molecule has 1 aromatic carbocycles. The molecule has 4 nitrogen and oxygen atoms in total. The number of carbonyl (C=O) groups is 2. The lowest BCUT2D eigenvalue weighted by atomic mass is 10.1. The van der Waals surface area contributed by atoms with Crippen LogP contribution in [-0.2, 0) is 16.1 Å². The van der Waals surface area contributed by atoms with Crippen molar-refractivity contribution in [1.29, 1.82) is 0 Å². The summed E-state index contributed by atoms with van der Waals surface area (Å²) in [7, 11) is 1.36. The van der Waals surface area contributed by atoms with Crippen LogP contribution in [0.1, 0.15) is 29.3 Å². The monoisotopic (exact) mass is 259 g/mol. The van der Waals surface area contributed by atoms with E-state index in [4.69, 9.17) is 4.74 Å². The Morgan fingerprint density at radius 1 is 1.42 bits per heavy atom. The summed E-state index contributed by atoms with van der Waals surface area (Å²) >= 11 is 0. The van der Waals surface area contributed by atoms with Crippen LogP contribution in [-0.4, -0.2) is 30.4 Å². The topological polar surface area (TPSA) is 46.6 Å². The van der Waals surface area contributed by atoms with Gasteiger partial charge in [-0.25, -0.2) is 4.79 Å². The number of fused-ring (bicyclic) bond motifs is 1. The quantitative estimate of drug-likeness (QED) is 0.615. The molecule has 4 heteroatoms. The zero-order valence-corrected chi connectivity index (χ0v) is 11.2. The maximum absolute atomic E-state index is 12.1. The molecule has 1 heterocycles. The van der Waals surface area contributed by atoms with Gasteiger partial charge in [0.1, 0.15) is 0 Å². The summed E-state index contributed by atoms with van der Waals surface area (Å²) < 4.78 is 4.70. The van der Waals surface area contributed by atoms with E-state index in [0.717, 1.165) is 11.1 Å². The standard InChI is InChI=1S/C15H17NO3/c1-3-11(15(18)19-2)8-9-16-10-12-6-4-5-7-13(12)14(16)17/h4-8H,3,9-10H2,1-2H3. The average Bonchev–Trinajstić information content (AvgIpc) is 2.76. The number of hydrogen-bond acceptors (Lipinski definition) is 3. The molecule has 0 aliphatic carbocycles. The first-order valence-electron chi connectivity index (χ1n) is 6.32. The van der Waals surface area contributed by atoms with Crippen molar-refractivity contribution in [3.05, 3.63) is 47.0 Å². The summed E-state index contributed by atoms with van der Waals surface area (Å²) in [5.41, 5.74) is 2.40. The Hall–Kier alpha value is -2.10. The third-order valence-corrected chi connectivity index (χ3v) is 3.28. The molecule has 0 fully saturated rings. The van der Waals surface area contributed by atoms with Crippen LogP contribution in [0.4, 0.5) is 0 Å². The van der Waals surface area contributed by atoms with E-state index in [9.17, 15) is 9.59 Å². The highest BCUT2D eigenvalue weighted by Gasteiger charge is 2.25. The Morgan fingerprint density at radius 2 is 2.16 bits per heavy atom. The van der Waals surface area contributed by atoms with E-state index in [1.165, 1.54) is 7.11 Å². The normalized spacial score (nSPS) is 14.5. The lowest BCUT2D eigenvalue weighted by Gasteiger charge is -2.13. The van der Waals surface area contributed by atoms with Crippen LogP contribution in [0.5, 0.6) is 0 Å². The summed E-state index contributed by atoms with van der Waals surface area (Å²) in [6, 6.07) is 7.58.